The van der Waals surface area contributed by atoms with Crippen LogP contribution in [0.5, 0.6) is 0 Å². The summed E-state index contributed by atoms with van der Waals surface area (Å²) in [4.78, 5) is 0. The molecule has 0 amide bonds. The van der Waals surface area contributed by atoms with Crippen molar-refractivity contribution in [2.45, 2.75) is 19.3 Å². The molecule has 0 saturated heterocycles. The molecule has 0 nitrogen and oxygen atoms in total. The lowest BCUT2D eigenvalue weighted by molar-refractivity contribution is 0.557. The molecule has 1 radical (unpaired) electrons. The average Bonchev–Trinajstić information content (AvgIpc) is 1.86. The highest BCUT2D eigenvalue weighted by Gasteiger charge is 2.16. The molecule has 0 bridgehead atoms. The molecule has 1 heteroatoms. The van der Waals surface area contributed by atoms with Crippen LogP contribution in [0.2, 0.25) is 0 Å². The van der Waals surface area contributed by atoms with Crippen LogP contribution in [-0.2, 0) is 5.41 Å². The zero-order valence-corrected chi connectivity index (χ0v) is 6.89. The molecule has 0 aliphatic carbocycles. The van der Waals surface area contributed by atoms with Crippen molar-refractivity contribution in [2.24, 2.45) is 0 Å². The second-order valence-corrected chi connectivity index (χ2v) is 3.36. The topological polar surface area (TPSA) is 0 Å². The smallest absolute Gasteiger partial charge is 0.126 e. The highest BCUT2D eigenvalue weighted by atomic mass is 19.1. The SMILES string of the molecule is [CH2]C(C)(C)c1ccccc1F. The third-order valence-corrected chi connectivity index (χ3v) is 1.60. The van der Waals surface area contributed by atoms with Gasteiger partial charge >= 0.3 is 0 Å². The van der Waals surface area contributed by atoms with Crippen molar-refractivity contribution >= 4 is 0 Å². The second-order valence-electron chi connectivity index (χ2n) is 3.36. The molecule has 0 saturated carbocycles. The summed E-state index contributed by atoms with van der Waals surface area (Å²) in [6.07, 6.45) is 0. The van der Waals surface area contributed by atoms with Gasteiger partial charge in [0, 0.05) is 0 Å². The Hall–Kier alpha value is -0.850. The summed E-state index contributed by atoms with van der Waals surface area (Å²) >= 11 is 0. The first kappa shape index (κ1) is 8.25. The molecule has 11 heavy (non-hydrogen) atoms. The van der Waals surface area contributed by atoms with Crippen LogP contribution in [0.3, 0.4) is 0 Å². The quantitative estimate of drug-likeness (QED) is 0.579. The Labute approximate surface area is 67.1 Å². The van der Waals surface area contributed by atoms with Crippen molar-refractivity contribution in [2.75, 3.05) is 0 Å². The van der Waals surface area contributed by atoms with Gasteiger partial charge in [0.15, 0.2) is 0 Å². The van der Waals surface area contributed by atoms with Crippen molar-refractivity contribution in [3.8, 4) is 0 Å². The molecule has 0 N–H and O–H groups in total. The van der Waals surface area contributed by atoms with Crippen LogP contribution in [-0.4, -0.2) is 0 Å². The lowest BCUT2D eigenvalue weighted by atomic mass is 9.87. The second kappa shape index (κ2) is 2.65. The first-order chi connectivity index (χ1) is 5.02. The molecular formula is C10H12F. The van der Waals surface area contributed by atoms with E-state index in [1.165, 1.54) is 6.07 Å². The maximum Gasteiger partial charge on any atom is 0.126 e. The summed E-state index contributed by atoms with van der Waals surface area (Å²) in [5.74, 6) is -0.174. The summed E-state index contributed by atoms with van der Waals surface area (Å²) in [5, 5.41) is 0. The normalized spacial score (nSPS) is 11.6. The van der Waals surface area contributed by atoms with Gasteiger partial charge in [-0.3, -0.25) is 0 Å². The molecule has 1 aromatic rings. The Morgan fingerprint density at radius 3 is 2.18 bits per heavy atom. The Morgan fingerprint density at radius 2 is 1.82 bits per heavy atom. The van der Waals surface area contributed by atoms with Crippen molar-refractivity contribution in [3.63, 3.8) is 0 Å². The van der Waals surface area contributed by atoms with E-state index in [0.29, 0.717) is 5.56 Å². The predicted molar refractivity (Wildman–Crippen MR) is 44.8 cm³/mol. The maximum absolute atomic E-state index is 13.0. The van der Waals surface area contributed by atoms with Gasteiger partial charge < -0.3 is 0 Å². The minimum Gasteiger partial charge on any atom is -0.207 e. The van der Waals surface area contributed by atoms with Gasteiger partial charge in [0.2, 0.25) is 0 Å². The van der Waals surface area contributed by atoms with E-state index < -0.39 is 0 Å². The largest absolute Gasteiger partial charge is 0.207 e. The van der Waals surface area contributed by atoms with Gasteiger partial charge in [0.1, 0.15) is 5.82 Å². The maximum atomic E-state index is 13.0. The molecule has 0 heterocycles. The van der Waals surface area contributed by atoms with Gasteiger partial charge in [0.25, 0.3) is 0 Å². The minimum absolute atomic E-state index is 0.174. The van der Waals surface area contributed by atoms with E-state index >= 15 is 0 Å². The summed E-state index contributed by atoms with van der Waals surface area (Å²) in [7, 11) is 0. The molecular weight excluding hydrogens is 139 g/mol. The average molecular weight is 151 g/mol. The van der Waals surface area contributed by atoms with Crippen molar-refractivity contribution < 1.29 is 4.39 Å². The summed E-state index contributed by atoms with van der Waals surface area (Å²) in [6.45, 7) is 7.65. The fourth-order valence-corrected chi connectivity index (χ4v) is 1.01. The molecule has 0 aliphatic heterocycles. The zero-order chi connectivity index (χ0) is 8.48. The Bertz CT molecular complexity index is 245. The van der Waals surface area contributed by atoms with E-state index in [0.717, 1.165) is 0 Å². The third kappa shape index (κ3) is 1.79. The number of benzene rings is 1. The van der Waals surface area contributed by atoms with Crippen LogP contribution in [0.4, 0.5) is 4.39 Å². The first-order valence-corrected chi connectivity index (χ1v) is 3.62. The Balaban J connectivity index is 3.14. The van der Waals surface area contributed by atoms with Crippen LogP contribution < -0.4 is 0 Å². The molecule has 0 spiro atoms. The van der Waals surface area contributed by atoms with E-state index in [9.17, 15) is 4.39 Å². The molecule has 59 valence electrons. The molecule has 0 aromatic heterocycles. The molecule has 1 rings (SSSR count). The lowest BCUT2D eigenvalue weighted by Gasteiger charge is -2.18. The van der Waals surface area contributed by atoms with E-state index in [-0.39, 0.29) is 11.2 Å². The zero-order valence-electron chi connectivity index (χ0n) is 6.89. The van der Waals surface area contributed by atoms with Gasteiger partial charge in [0.05, 0.1) is 0 Å². The molecule has 0 aliphatic rings. The van der Waals surface area contributed by atoms with Gasteiger partial charge in [-0.05, 0) is 24.0 Å². The fraction of sp³-hybridized carbons (Fsp3) is 0.300. The van der Waals surface area contributed by atoms with Crippen molar-refractivity contribution in [1.29, 1.82) is 0 Å². The van der Waals surface area contributed by atoms with E-state index in [1.54, 1.807) is 12.1 Å². The van der Waals surface area contributed by atoms with Crippen LogP contribution in [0, 0.1) is 12.7 Å². The fourth-order valence-electron chi connectivity index (χ4n) is 1.01. The molecule has 0 unspecified atom stereocenters. The molecule has 1 aromatic carbocycles. The minimum atomic E-state index is -0.342. The van der Waals surface area contributed by atoms with Crippen LogP contribution >= 0.6 is 0 Å². The lowest BCUT2D eigenvalue weighted by Crippen LogP contribution is -2.13. The third-order valence-electron chi connectivity index (χ3n) is 1.60. The molecule has 0 atom stereocenters. The first-order valence-electron chi connectivity index (χ1n) is 3.62. The standard InChI is InChI=1S/C10H12F/c1-10(2,3)8-6-4-5-7-9(8)11/h4-7H,1H2,2-3H3. The van der Waals surface area contributed by atoms with Gasteiger partial charge in [-0.2, -0.15) is 0 Å². The number of halogens is 1. The van der Waals surface area contributed by atoms with Crippen LogP contribution in [0.1, 0.15) is 19.4 Å². The van der Waals surface area contributed by atoms with Gasteiger partial charge in [-0.15, -0.1) is 0 Å². The van der Waals surface area contributed by atoms with Crippen LogP contribution in [0.15, 0.2) is 24.3 Å². The number of rotatable bonds is 1. The van der Waals surface area contributed by atoms with Gasteiger partial charge in [-0.1, -0.05) is 32.0 Å². The number of hydrogen-bond acceptors (Lipinski definition) is 0. The monoisotopic (exact) mass is 151 g/mol. The summed E-state index contributed by atoms with van der Waals surface area (Å²) < 4.78 is 13.0. The van der Waals surface area contributed by atoms with Crippen molar-refractivity contribution in [1.82, 2.24) is 0 Å². The highest BCUT2D eigenvalue weighted by molar-refractivity contribution is 5.26. The number of hydrogen-bond donors (Lipinski definition) is 0. The van der Waals surface area contributed by atoms with E-state index in [4.69, 9.17) is 0 Å². The van der Waals surface area contributed by atoms with E-state index in [2.05, 4.69) is 6.92 Å². The highest BCUT2D eigenvalue weighted by Crippen LogP contribution is 2.23. The molecule has 0 fully saturated rings. The summed E-state index contributed by atoms with van der Waals surface area (Å²) in [5.41, 5.74) is 0.325. The Kier molecular flexibility index (Phi) is 1.99. The summed E-state index contributed by atoms with van der Waals surface area (Å²) in [6, 6.07) is 6.74. The van der Waals surface area contributed by atoms with E-state index in [1.807, 2.05) is 19.9 Å². The van der Waals surface area contributed by atoms with Crippen molar-refractivity contribution in [3.05, 3.63) is 42.6 Å². The predicted octanol–water partition coefficient (Wildman–Crippen LogP) is 2.94. The van der Waals surface area contributed by atoms with Gasteiger partial charge in [-0.25, -0.2) is 4.39 Å². The van der Waals surface area contributed by atoms with Crippen LogP contribution in [0.25, 0.3) is 0 Å². The Morgan fingerprint density at radius 1 is 1.27 bits per heavy atom.